The fraction of sp³-hybridized carbons (Fsp3) is 0.562. The first-order chi connectivity index (χ1) is 9.78. The SMILES string of the molecule is CCc1ccc(OCCNC(=O)NC2CCCC2)cc1. The summed E-state index contributed by atoms with van der Waals surface area (Å²) in [5.41, 5.74) is 1.30. The zero-order chi connectivity index (χ0) is 14.2. The summed E-state index contributed by atoms with van der Waals surface area (Å²) in [6, 6.07) is 8.35. The van der Waals surface area contributed by atoms with Crippen molar-refractivity contribution in [1.82, 2.24) is 10.6 Å². The van der Waals surface area contributed by atoms with Crippen LogP contribution in [0.2, 0.25) is 0 Å². The molecule has 2 amide bonds. The summed E-state index contributed by atoms with van der Waals surface area (Å²) in [4.78, 5) is 11.6. The molecule has 110 valence electrons. The number of benzene rings is 1. The second kappa shape index (κ2) is 7.78. The molecule has 0 aromatic heterocycles. The molecule has 4 heteroatoms. The van der Waals surface area contributed by atoms with Gasteiger partial charge in [0, 0.05) is 6.04 Å². The number of rotatable bonds is 6. The van der Waals surface area contributed by atoms with Gasteiger partial charge in [-0.2, -0.15) is 0 Å². The molecule has 1 aromatic rings. The van der Waals surface area contributed by atoms with Crippen molar-refractivity contribution in [3.63, 3.8) is 0 Å². The Kier molecular flexibility index (Phi) is 5.71. The van der Waals surface area contributed by atoms with Crippen LogP contribution in [-0.4, -0.2) is 25.2 Å². The third-order valence-corrected chi connectivity index (χ3v) is 3.68. The van der Waals surface area contributed by atoms with E-state index in [0.29, 0.717) is 19.2 Å². The van der Waals surface area contributed by atoms with Crippen molar-refractivity contribution in [2.45, 2.75) is 45.1 Å². The zero-order valence-corrected chi connectivity index (χ0v) is 12.2. The van der Waals surface area contributed by atoms with Gasteiger partial charge in [0.05, 0.1) is 6.54 Å². The number of nitrogens with one attached hydrogen (secondary N) is 2. The molecule has 20 heavy (non-hydrogen) atoms. The highest BCUT2D eigenvalue weighted by Crippen LogP contribution is 2.17. The minimum atomic E-state index is -0.0816. The Hall–Kier alpha value is -1.71. The van der Waals surface area contributed by atoms with Crippen LogP contribution in [0.25, 0.3) is 0 Å². The third-order valence-electron chi connectivity index (χ3n) is 3.68. The molecular formula is C16H24N2O2. The summed E-state index contributed by atoms with van der Waals surface area (Å²) in [5.74, 6) is 0.847. The monoisotopic (exact) mass is 276 g/mol. The van der Waals surface area contributed by atoms with Crippen LogP contribution in [0.15, 0.2) is 24.3 Å². The molecule has 0 saturated heterocycles. The van der Waals surface area contributed by atoms with Crippen LogP contribution in [0.1, 0.15) is 38.2 Å². The Morgan fingerprint density at radius 1 is 1.25 bits per heavy atom. The van der Waals surface area contributed by atoms with E-state index < -0.39 is 0 Å². The lowest BCUT2D eigenvalue weighted by molar-refractivity contribution is 0.233. The highest BCUT2D eigenvalue weighted by atomic mass is 16.5. The Balaban J connectivity index is 1.59. The predicted molar refractivity (Wildman–Crippen MR) is 80.1 cm³/mol. The second-order valence-electron chi connectivity index (χ2n) is 5.23. The lowest BCUT2D eigenvalue weighted by Crippen LogP contribution is -2.42. The largest absolute Gasteiger partial charge is 0.492 e. The average Bonchev–Trinajstić information content (AvgIpc) is 2.97. The molecule has 0 unspecified atom stereocenters. The van der Waals surface area contributed by atoms with Crippen molar-refractivity contribution >= 4 is 6.03 Å². The van der Waals surface area contributed by atoms with Crippen molar-refractivity contribution < 1.29 is 9.53 Å². The van der Waals surface area contributed by atoms with Gasteiger partial charge in [0.15, 0.2) is 0 Å². The van der Waals surface area contributed by atoms with Gasteiger partial charge in [-0.15, -0.1) is 0 Å². The second-order valence-corrected chi connectivity index (χ2v) is 5.23. The highest BCUT2D eigenvalue weighted by molar-refractivity contribution is 5.74. The molecule has 0 spiro atoms. The summed E-state index contributed by atoms with van der Waals surface area (Å²) < 4.78 is 5.58. The van der Waals surface area contributed by atoms with Crippen molar-refractivity contribution in [3.8, 4) is 5.75 Å². The van der Waals surface area contributed by atoms with Crippen molar-refractivity contribution in [2.24, 2.45) is 0 Å². The van der Waals surface area contributed by atoms with Crippen LogP contribution in [0.3, 0.4) is 0 Å². The molecule has 1 aliphatic rings. The molecule has 2 rings (SSSR count). The Bertz CT molecular complexity index is 411. The van der Waals surface area contributed by atoms with Crippen LogP contribution in [-0.2, 0) is 6.42 Å². The molecule has 0 bridgehead atoms. The van der Waals surface area contributed by atoms with Crippen LogP contribution in [0.4, 0.5) is 4.79 Å². The first-order valence-corrected chi connectivity index (χ1v) is 7.54. The number of carbonyl (C=O) groups is 1. The van der Waals surface area contributed by atoms with E-state index in [-0.39, 0.29) is 6.03 Å². The van der Waals surface area contributed by atoms with Gasteiger partial charge in [-0.1, -0.05) is 31.9 Å². The molecule has 1 fully saturated rings. The van der Waals surface area contributed by atoms with E-state index in [4.69, 9.17) is 4.74 Å². The maximum atomic E-state index is 11.6. The summed E-state index contributed by atoms with van der Waals surface area (Å²) in [6.45, 7) is 3.14. The van der Waals surface area contributed by atoms with E-state index in [2.05, 4.69) is 29.7 Å². The molecule has 1 saturated carbocycles. The van der Waals surface area contributed by atoms with E-state index in [1.54, 1.807) is 0 Å². The Morgan fingerprint density at radius 2 is 1.95 bits per heavy atom. The molecular weight excluding hydrogens is 252 g/mol. The summed E-state index contributed by atoms with van der Waals surface area (Å²) in [5, 5.41) is 5.81. The molecule has 2 N–H and O–H groups in total. The van der Waals surface area contributed by atoms with E-state index in [1.165, 1.54) is 18.4 Å². The van der Waals surface area contributed by atoms with E-state index in [1.807, 2.05) is 12.1 Å². The van der Waals surface area contributed by atoms with E-state index >= 15 is 0 Å². The summed E-state index contributed by atoms with van der Waals surface area (Å²) in [7, 11) is 0. The van der Waals surface area contributed by atoms with Crippen LogP contribution < -0.4 is 15.4 Å². The average molecular weight is 276 g/mol. The number of ether oxygens (including phenoxy) is 1. The summed E-state index contributed by atoms with van der Waals surface area (Å²) in [6.07, 6.45) is 5.69. The smallest absolute Gasteiger partial charge is 0.315 e. The van der Waals surface area contributed by atoms with Gasteiger partial charge < -0.3 is 15.4 Å². The maximum Gasteiger partial charge on any atom is 0.315 e. The van der Waals surface area contributed by atoms with Gasteiger partial charge in [0.25, 0.3) is 0 Å². The Labute approximate surface area is 120 Å². The topological polar surface area (TPSA) is 50.4 Å². The number of hydrogen-bond acceptors (Lipinski definition) is 2. The first-order valence-electron chi connectivity index (χ1n) is 7.54. The van der Waals surface area contributed by atoms with Gasteiger partial charge >= 0.3 is 6.03 Å². The quantitative estimate of drug-likeness (QED) is 0.785. The molecule has 0 aliphatic heterocycles. The highest BCUT2D eigenvalue weighted by Gasteiger charge is 2.16. The number of aryl methyl sites for hydroxylation is 1. The van der Waals surface area contributed by atoms with Gasteiger partial charge in [-0.25, -0.2) is 4.79 Å². The molecule has 0 atom stereocenters. The first kappa shape index (κ1) is 14.7. The third kappa shape index (κ3) is 4.76. The van der Waals surface area contributed by atoms with Gasteiger partial charge in [0.1, 0.15) is 12.4 Å². The zero-order valence-electron chi connectivity index (χ0n) is 12.2. The fourth-order valence-electron chi connectivity index (χ4n) is 2.46. The molecule has 0 radical (unpaired) electrons. The lowest BCUT2D eigenvalue weighted by atomic mass is 10.2. The van der Waals surface area contributed by atoms with Crippen LogP contribution >= 0.6 is 0 Å². The Morgan fingerprint density at radius 3 is 2.60 bits per heavy atom. The van der Waals surface area contributed by atoms with Crippen LogP contribution in [0.5, 0.6) is 5.75 Å². The van der Waals surface area contributed by atoms with E-state index in [9.17, 15) is 4.79 Å². The number of carbonyl (C=O) groups excluding carboxylic acids is 1. The molecule has 1 aliphatic carbocycles. The number of hydrogen-bond donors (Lipinski definition) is 2. The number of urea groups is 1. The minimum Gasteiger partial charge on any atom is -0.492 e. The maximum absolute atomic E-state index is 11.6. The fourth-order valence-corrected chi connectivity index (χ4v) is 2.46. The van der Waals surface area contributed by atoms with Crippen molar-refractivity contribution in [1.29, 1.82) is 0 Å². The lowest BCUT2D eigenvalue weighted by Gasteiger charge is -2.13. The normalized spacial score (nSPS) is 15.1. The molecule has 4 nitrogen and oxygen atoms in total. The van der Waals surface area contributed by atoms with Crippen molar-refractivity contribution in [3.05, 3.63) is 29.8 Å². The van der Waals surface area contributed by atoms with Gasteiger partial charge in [-0.3, -0.25) is 0 Å². The minimum absolute atomic E-state index is 0.0816. The molecule has 0 heterocycles. The van der Waals surface area contributed by atoms with E-state index in [0.717, 1.165) is 25.0 Å². The van der Waals surface area contributed by atoms with Gasteiger partial charge in [0.2, 0.25) is 0 Å². The summed E-state index contributed by atoms with van der Waals surface area (Å²) >= 11 is 0. The van der Waals surface area contributed by atoms with Gasteiger partial charge in [-0.05, 0) is 37.0 Å². The van der Waals surface area contributed by atoms with Crippen molar-refractivity contribution in [2.75, 3.05) is 13.2 Å². The van der Waals surface area contributed by atoms with Crippen LogP contribution in [0, 0.1) is 0 Å². The predicted octanol–water partition coefficient (Wildman–Crippen LogP) is 2.87. The molecule has 1 aromatic carbocycles. The number of amides is 2. The standard InChI is InChI=1S/C16H24N2O2/c1-2-13-7-9-15(10-8-13)20-12-11-17-16(19)18-14-5-3-4-6-14/h7-10,14H,2-6,11-12H2,1H3,(H2,17,18,19).